The molecule has 1 aromatic carbocycles. The maximum absolute atomic E-state index is 13.5. The molecule has 1 heterocycles. The van der Waals surface area contributed by atoms with Gasteiger partial charge in [-0.25, -0.2) is 4.39 Å². The van der Waals surface area contributed by atoms with Crippen molar-refractivity contribution in [3.8, 4) is 11.5 Å². The Hall–Kier alpha value is -1.88. The molecule has 2 rings (SSSR count). The lowest BCUT2D eigenvalue weighted by atomic mass is 9.92. The number of hydrogen-bond acceptors (Lipinski definition) is 4. The van der Waals surface area contributed by atoms with Crippen LogP contribution >= 0.6 is 0 Å². The highest BCUT2D eigenvalue weighted by molar-refractivity contribution is 5.96. The molecule has 0 saturated heterocycles. The second-order valence-corrected chi connectivity index (χ2v) is 6.13. The monoisotopic (exact) mass is 349 g/mol. The maximum Gasteiger partial charge on any atom is 0.164 e. The highest BCUT2D eigenvalue weighted by Crippen LogP contribution is 2.31. The van der Waals surface area contributed by atoms with Crippen LogP contribution in [0.4, 0.5) is 4.39 Å². The number of aliphatic imine (C=N–C) groups is 1. The Morgan fingerprint density at radius 1 is 1.12 bits per heavy atom. The van der Waals surface area contributed by atoms with E-state index >= 15 is 0 Å². The van der Waals surface area contributed by atoms with Crippen LogP contribution in [-0.2, 0) is 4.74 Å². The van der Waals surface area contributed by atoms with E-state index in [2.05, 4.69) is 18.8 Å². The zero-order chi connectivity index (χ0) is 18.1. The van der Waals surface area contributed by atoms with E-state index in [1.165, 1.54) is 12.1 Å². The summed E-state index contributed by atoms with van der Waals surface area (Å²) in [5.41, 5.74) is 0.534. The summed E-state index contributed by atoms with van der Waals surface area (Å²) >= 11 is 0. The standard InChI is InChI=1S/C20H28FNO3/c1-4-6-13-25-20(10-12-22-19(20)7-5-2)11-14-24-18-15-16(21)8-9-17(18)23-3/h8-10,12,15H,4-7,11,13-14H2,1-3H3. The summed E-state index contributed by atoms with van der Waals surface area (Å²) < 4.78 is 30.7. The Morgan fingerprint density at radius 3 is 2.68 bits per heavy atom. The summed E-state index contributed by atoms with van der Waals surface area (Å²) in [5, 5.41) is 0. The van der Waals surface area contributed by atoms with Gasteiger partial charge in [0.25, 0.3) is 0 Å². The van der Waals surface area contributed by atoms with Crippen LogP contribution in [0.3, 0.4) is 0 Å². The molecule has 138 valence electrons. The van der Waals surface area contributed by atoms with Crippen LogP contribution in [0.2, 0.25) is 0 Å². The number of methoxy groups -OCH3 is 1. The van der Waals surface area contributed by atoms with E-state index in [1.54, 1.807) is 13.2 Å². The van der Waals surface area contributed by atoms with Gasteiger partial charge in [0.15, 0.2) is 11.5 Å². The molecule has 1 atom stereocenters. The Bertz CT molecular complexity index is 615. The third-order valence-electron chi connectivity index (χ3n) is 4.26. The highest BCUT2D eigenvalue weighted by Gasteiger charge is 2.36. The van der Waals surface area contributed by atoms with Crippen LogP contribution in [0.25, 0.3) is 0 Å². The fourth-order valence-corrected chi connectivity index (χ4v) is 2.87. The molecule has 0 bridgehead atoms. The van der Waals surface area contributed by atoms with Gasteiger partial charge in [-0.3, -0.25) is 4.99 Å². The summed E-state index contributed by atoms with van der Waals surface area (Å²) in [6.45, 7) is 5.35. The molecule has 0 aliphatic carbocycles. The van der Waals surface area contributed by atoms with Crippen LogP contribution in [0, 0.1) is 5.82 Å². The van der Waals surface area contributed by atoms with Crippen LogP contribution in [0.15, 0.2) is 35.5 Å². The fraction of sp³-hybridized carbons (Fsp3) is 0.550. The molecule has 1 unspecified atom stereocenters. The number of benzene rings is 1. The predicted molar refractivity (Wildman–Crippen MR) is 98.1 cm³/mol. The molecular weight excluding hydrogens is 321 g/mol. The summed E-state index contributed by atoms with van der Waals surface area (Å²) in [6.07, 6.45) is 8.45. The molecule has 0 radical (unpaired) electrons. The average Bonchev–Trinajstić information content (AvgIpc) is 2.99. The molecule has 1 aromatic rings. The van der Waals surface area contributed by atoms with Crippen LogP contribution in [-0.4, -0.2) is 31.6 Å². The number of nitrogens with zero attached hydrogens (tertiary/aromatic N) is 1. The highest BCUT2D eigenvalue weighted by atomic mass is 19.1. The molecule has 1 aliphatic rings. The van der Waals surface area contributed by atoms with E-state index in [1.807, 2.05) is 12.3 Å². The van der Waals surface area contributed by atoms with Gasteiger partial charge in [-0.2, -0.15) is 0 Å². The molecule has 4 nitrogen and oxygen atoms in total. The van der Waals surface area contributed by atoms with E-state index in [9.17, 15) is 4.39 Å². The van der Waals surface area contributed by atoms with Gasteiger partial charge in [-0.05, 0) is 31.1 Å². The smallest absolute Gasteiger partial charge is 0.164 e. The lowest BCUT2D eigenvalue weighted by Gasteiger charge is -2.30. The fourth-order valence-electron chi connectivity index (χ4n) is 2.87. The van der Waals surface area contributed by atoms with Crippen molar-refractivity contribution in [1.29, 1.82) is 0 Å². The van der Waals surface area contributed by atoms with Crippen molar-refractivity contribution in [3.05, 3.63) is 36.3 Å². The van der Waals surface area contributed by atoms with Gasteiger partial charge < -0.3 is 14.2 Å². The molecule has 1 aliphatic heterocycles. The second kappa shape index (κ2) is 9.56. The Morgan fingerprint density at radius 2 is 1.96 bits per heavy atom. The Kier molecular flexibility index (Phi) is 7.44. The minimum Gasteiger partial charge on any atom is -0.493 e. The predicted octanol–water partition coefficient (Wildman–Crippen LogP) is 4.93. The molecular formula is C20H28FNO3. The number of rotatable bonds is 11. The molecule has 5 heteroatoms. The molecule has 0 N–H and O–H groups in total. The first-order valence-corrected chi connectivity index (χ1v) is 9.00. The Labute approximate surface area is 149 Å². The van der Waals surface area contributed by atoms with Gasteiger partial charge in [-0.1, -0.05) is 26.7 Å². The number of hydrogen-bond donors (Lipinski definition) is 0. The summed E-state index contributed by atoms with van der Waals surface area (Å²) in [5.74, 6) is 0.577. The first kappa shape index (κ1) is 19.4. The first-order valence-electron chi connectivity index (χ1n) is 9.00. The minimum absolute atomic E-state index is 0.348. The summed E-state index contributed by atoms with van der Waals surface area (Å²) in [6, 6.07) is 4.26. The van der Waals surface area contributed by atoms with Crippen molar-refractivity contribution in [2.75, 3.05) is 20.3 Å². The lowest BCUT2D eigenvalue weighted by Crippen LogP contribution is -2.40. The normalized spacial score (nSPS) is 19.1. The minimum atomic E-state index is -0.508. The third-order valence-corrected chi connectivity index (χ3v) is 4.26. The molecule has 0 fully saturated rings. The van der Waals surface area contributed by atoms with Crippen molar-refractivity contribution in [2.24, 2.45) is 4.99 Å². The molecule has 0 saturated carbocycles. The van der Waals surface area contributed by atoms with Gasteiger partial charge in [0.2, 0.25) is 0 Å². The maximum atomic E-state index is 13.5. The van der Waals surface area contributed by atoms with Crippen LogP contribution in [0.1, 0.15) is 46.0 Å². The number of ether oxygens (including phenoxy) is 3. The molecule has 25 heavy (non-hydrogen) atoms. The number of halogens is 1. The number of unbranched alkanes of at least 4 members (excludes halogenated alkanes) is 1. The van der Waals surface area contributed by atoms with Crippen molar-refractivity contribution >= 4 is 5.71 Å². The first-order chi connectivity index (χ1) is 12.1. The molecule has 0 amide bonds. The van der Waals surface area contributed by atoms with Crippen LogP contribution in [0.5, 0.6) is 11.5 Å². The zero-order valence-corrected chi connectivity index (χ0v) is 15.4. The Balaban J connectivity index is 2.04. The largest absolute Gasteiger partial charge is 0.493 e. The lowest BCUT2D eigenvalue weighted by molar-refractivity contribution is 0.0256. The van der Waals surface area contributed by atoms with Gasteiger partial charge in [0.05, 0.1) is 19.4 Å². The van der Waals surface area contributed by atoms with E-state index in [0.717, 1.165) is 31.4 Å². The van der Waals surface area contributed by atoms with Crippen molar-refractivity contribution in [3.63, 3.8) is 0 Å². The topological polar surface area (TPSA) is 40.0 Å². The third kappa shape index (κ3) is 5.05. The van der Waals surface area contributed by atoms with Crippen molar-refractivity contribution < 1.29 is 18.6 Å². The average molecular weight is 349 g/mol. The zero-order valence-electron chi connectivity index (χ0n) is 15.4. The van der Waals surface area contributed by atoms with E-state index in [0.29, 0.717) is 31.1 Å². The van der Waals surface area contributed by atoms with Crippen LogP contribution < -0.4 is 9.47 Å². The summed E-state index contributed by atoms with van der Waals surface area (Å²) in [4.78, 5) is 4.50. The second-order valence-electron chi connectivity index (χ2n) is 6.13. The summed E-state index contributed by atoms with van der Waals surface area (Å²) in [7, 11) is 1.54. The van der Waals surface area contributed by atoms with E-state index < -0.39 is 5.60 Å². The van der Waals surface area contributed by atoms with Crippen molar-refractivity contribution in [2.45, 2.75) is 51.6 Å². The van der Waals surface area contributed by atoms with E-state index in [-0.39, 0.29) is 5.82 Å². The van der Waals surface area contributed by atoms with Gasteiger partial charge >= 0.3 is 0 Å². The quantitative estimate of drug-likeness (QED) is 0.532. The van der Waals surface area contributed by atoms with Gasteiger partial charge in [-0.15, -0.1) is 0 Å². The SMILES string of the molecule is CCCCOC1(CCOc2cc(F)ccc2OC)C=CN=C1CCC. The molecule has 0 spiro atoms. The van der Waals surface area contributed by atoms with Gasteiger partial charge in [0, 0.05) is 25.3 Å². The van der Waals surface area contributed by atoms with Crippen molar-refractivity contribution in [1.82, 2.24) is 0 Å². The van der Waals surface area contributed by atoms with Gasteiger partial charge in [0.1, 0.15) is 11.4 Å². The van der Waals surface area contributed by atoms with E-state index in [4.69, 9.17) is 14.2 Å². The molecule has 0 aromatic heterocycles.